The predicted octanol–water partition coefficient (Wildman–Crippen LogP) is 3.96. The summed E-state index contributed by atoms with van der Waals surface area (Å²) in [5.41, 5.74) is 7.49. The molecule has 0 saturated heterocycles. The number of rotatable bonds is 3. The molecule has 0 saturated carbocycles. The summed E-state index contributed by atoms with van der Waals surface area (Å²) in [5, 5.41) is 3.72. The molecule has 0 aliphatic rings. The molecule has 0 spiro atoms. The Morgan fingerprint density at radius 2 is 1.31 bits per heavy atom. The molecule has 0 bridgehead atoms. The normalized spacial score (nSPS) is 12.5. The molecule has 2 N–H and O–H groups in total. The van der Waals surface area contributed by atoms with E-state index in [4.69, 9.17) is 14.7 Å². The van der Waals surface area contributed by atoms with Gasteiger partial charge in [0.1, 0.15) is 11.4 Å². The monoisotopic (exact) mass is 596 g/mol. The molecule has 2 rings (SSSR count). The second kappa shape index (κ2) is 11.7. The molecule has 0 amide bonds. The van der Waals surface area contributed by atoms with Crippen LogP contribution in [0.1, 0.15) is 26.3 Å². The molecular weight excluding hydrogens is 579 g/mol. The van der Waals surface area contributed by atoms with Gasteiger partial charge in [0, 0.05) is 20.3 Å². The van der Waals surface area contributed by atoms with E-state index < -0.39 is 26.7 Å². The van der Waals surface area contributed by atoms with E-state index >= 15 is 0 Å². The Morgan fingerprint density at radius 3 is 1.72 bits per heavy atom. The molecule has 32 heavy (non-hydrogen) atoms. The summed E-state index contributed by atoms with van der Waals surface area (Å²) >= 11 is -9.19. The Morgan fingerprint density at radius 1 is 0.844 bits per heavy atom. The van der Waals surface area contributed by atoms with Gasteiger partial charge in [0.15, 0.2) is 0 Å². The number of nitrogens with zero attached hydrogens (tertiary/aromatic N) is 1. The van der Waals surface area contributed by atoms with Crippen molar-refractivity contribution in [1.29, 1.82) is 0 Å². The van der Waals surface area contributed by atoms with Crippen molar-refractivity contribution < 1.29 is 51.4 Å². The quantitative estimate of drug-likeness (QED) is 0.326. The van der Waals surface area contributed by atoms with Crippen molar-refractivity contribution in [2.45, 2.75) is 32.5 Å². The van der Waals surface area contributed by atoms with Gasteiger partial charge in [0.2, 0.25) is 0 Å². The average molecular weight is 597 g/mol. The topological polar surface area (TPSA) is 47.2 Å². The third-order valence-electron chi connectivity index (χ3n) is 3.41. The second-order valence-electron chi connectivity index (χ2n) is 6.79. The summed E-state index contributed by atoms with van der Waals surface area (Å²) < 4.78 is 107. The van der Waals surface area contributed by atoms with Crippen LogP contribution in [0.15, 0.2) is 47.6 Å². The van der Waals surface area contributed by atoms with E-state index in [0.29, 0.717) is 11.3 Å². The number of benzene rings is 2. The zero-order valence-corrected chi connectivity index (χ0v) is 19.1. The second-order valence-corrected chi connectivity index (χ2v) is 10.4. The third-order valence-corrected chi connectivity index (χ3v) is 3.41. The molecule has 0 heterocycles. The molecule has 0 aromatic heterocycles. The Labute approximate surface area is 180 Å². The van der Waals surface area contributed by atoms with E-state index in [2.05, 4.69) is 9.85 Å². The fourth-order valence-electron chi connectivity index (χ4n) is 2.24. The molecule has 15 heteroatoms. The first-order chi connectivity index (χ1) is 13.9. The summed E-state index contributed by atoms with van der Waals surface area (Å²) in [6.07, 6.45) is -4.76. The number of hydrogen-bond donors (Lipinski definition) is 1. The number of hydrogen-bond acceptors (Lipinski definition) is 2. The van der Waals surface area contributed by atoms with E-state index in [1.165, 1.54) is 12.1 Å². The zero-order chi connectivity index (χ0) is 24.7. The number of ether oxygens (including phenoxy) is 1. The van der Waals surface area contributed by atoms with E-state index in [1.54, 1.807) is 24.3 Å². The van der Waals surface area contributed by atoms with Crippen molar-refractivity contribution in [2.24, 2.45) is 5.11 Å². The van der Waals surface area contributed by atoms with Gasteiger partial charge >= 0.3 is 40.7 Å². The van der Waals surface area contributed by atoms with Crippen LogP contribution >= 0.6 is 0 Å². The standard InChI is InChI=1S/C17H17F3N2O.F2.6FH.Sb/c1-16(2,3)11-8-9-12(14(10-11)22-21)13-6-4-5-7-15(13)23-17(18,19)20;1-2;;;;;;;/h4-10,21H,1-3H3;;6*1H;/q;;;;;;;;+5/p-5. The first-order valence-electron chi connectivity index (χ1n) is 8.01. The molecule has 3 nitrogen and oxygen atoms in total. The van der Waals surface area contributed by atoms with Crippen molar-refractivity contribution in [3.05, 3.63) is 48.0 Å². The van der Waals surface area contributed by atoms with E-state index in [-0.39, 0.29) is 21.4 Å². The Balaban J connectivity index is 0. The first kappa shape index (κ1) is 32.1. The summed E-state index contributed by atoms with van der Waals surface area (Å²) in [7, 11) is 0. The molecular formula is C17H18F11N2OSb. The SMILES string of the molecule is CC(C)(C)c1ccc(-c2ccccc2OC(F)(F)F)c(N=[NH2+])c1.FF.[F-].[F][Sb]([F])([F])([F])[F]. The molecule has 0 fully saturated rings. The van der Waals surface area contributed by atoms with Crippen molar-refractivity contribution in [1.82, 2.24) is 0 Å². The maximum atomic E-state index is 12.6. The molecule has 184 valence electrons. The number of nitrogens with two attached hydrogens (primary N) is 1. The first-order valence-corrected chi connectivity index (χ1v) is 12.8. The van der Waals surface area contributed by atoms with Crippen LogP contribution in [-0.4, -0.2) is 26.7 Å². The summed E-state index contributed by atoms with van der Waals surface area (Å²) in [5.74, 6) is -0.284. The van der Waals surface area contributed by atoms with Gasteiger partial charge in [-0.05, 0) is 28.2 Å². The van der Waals surface area contributed by atoms with Crippen LogP contribution in [0.3, 0.4) is 0 Å². The van der Waals surface area contributed by atoms with Gasteiger partial charge in [-0.2, -0.15) is 5.53 Å². The maximum absolute atomic E-state index is 12.6. The minimum absolute atomic E-state index is 0. The molecule has 2 aromatic carbocycles. The summed E-state index contributed by atoms with van der Waals surface area (Å²) in [6, 6.07) is 11.3. The Bertz CT molecular complexity index is 858. The predicted molar refractivity (Wildman–Crippen MR) is 94.8 cm³/mol. The molecule has 2 aromatic rings. The number of halogens is 11. The number of alkyl halides is 3. The van der Waals surface area contributed by atoms with Gasteiger partial charge in [-0.15, -0.1) is 13.2 Å². The van der Waals surface area contributed by atoms with E-state index in [1.807, 2.05) is 26.8 Å². The van der Waals surface area contributed by atoms with Gasteiger partial charge in [0.25, 0.3) is 0 Å². The van der Waals surface area contributed by atoms with Crippen LogP contribution < -0.4 is 15.0 Å². The molecule has 0 aliphatic heterocycles. The third kappa shape index (κ3) is 13.3. The van der Waals surface area contributed by atoms with Crippen LogP contribution in [0, 0.1) is 0 Å². The average Bonchev–Trinajstić information content (AvgIpc) is 2.59. The van der Waals surface area contributed by atoms with Gasteiger partial charge in [-0.1, -0.05) is 51.1 Å². The fourth-order valence-corrected chi connectivity index (χ4v) is 2.24. The van der Waals surface area contributed by atoms with E-state index in [0.717, 1.165) is 5.56 Å². The zero-order valence-electron chi connectivity index (χ0n) is 16.6. The molecule has 0 unspecified atom stereocenters. The van der Waals surface area contributed by atoms with Crippen molar-refractivity contribution in [3.8, 4) is 16.9 Å². The van der Waals surface area contributed by atoms with Crippen molar-refractivity contribution in [2.75, 3.05) is 0 Å². The molecule has 0 aliphatic carbocycles. The number of para-hydroxylation sites is 1. The van der Waals surface area contributed by atoms with Crippen LogP contribution in [-0.2, 0) is 5.41 Å². The molecule has 0 atom stereocenters. The van der Waals surface area contributed by atoms with Gasteiger partial charge in [-0.3, -0.25) is 0 Å². The molecule has 0 radical (unpaired) electrons. The Kier molecular flexibility index (Phi) is 11.7. The van der Waals surface area contributed by atoms with Crippen LogP contribution in [0.5, 0.6) is 5.75 Å². The van der Waals surface area contributed by atoms with Crippen LogP contribution in [0.2, 0.25) is 0 Å². The Hall–Kier alpha value is -2.11. The van der Waals surface area contributed by atoms with E-state index in [9.17, 15) is 27.2 Å². The summed E-state index contributed by atoms with van der Waals surface area (Å²) in [6.45, 7) is 6.09. The summed E-state index contributed by atoms with van der Waals surface area (Å²) in [4.78, 5) is 0. The minimum atomic E-state index is -9.19. The van der Waals surface area contributed by atoms with Crippen LogP contribution in [0.4, 0.5) is 42.1 Å². The van der Waals surface area contributed by atoms with Crippen molar-refractivity contribution >= 4 is 26.0 Å². The van der Waals surface area contributed by atoms with Crippen LogP contribution in [0.25, 0.3) is 11.1 Å². The fraction of sp³-hybridized carbons (Fsp3) is 0.294. The van der Waals surface area contributed by atoms with Gasteiger partial charge < -0.3 is 9.44 Å². The van der Waals surface area contributed by atoms with Gasteiger partial charge in [0.05, 0.1) is 0 Å². The van der Waals surface area contributed by atoms with Crippen molar-refractivity contribution in [3.63, 3.8) is 0 Å². The van der Waals surface area contributed by atoms with Gasteiger partial charge in [-0.25, -0.2) is 0 Å².